The van der Waals surface area contributed by atoms with Crippen molar-refractivity contribution in [3.8, 4) is 0 Å². The topological polar surface area (TPSA) is 37.3 Å². The number of Topliss-reactive ketones (excluding diaryl/α,β-unsaturated/α-hetero) is 1. The highest BCUT2D eigenvalue weighted by Gasteiger charge is 2.47. The summed E-state index contributed by atoms with van der Waals surface area (Å²) < 4.78 is 0. The molecule has 2 aromatic carbocycles. The highest BCUT2D eigenvalue weighted by Crippen LogP contribution is 2.42. The minimum atomic E-state index is -0.614. The van der Waals surface area contributed by atoms with Gasteiger partial charge in [0.15, 0.2) is 0 Å². The van der Waals surface area contributed by atoms with Crippen LogP contribution in [0.5, 0.6) is 0 Å². The molecule has 1 aliphatic carbocycles. The van der Waals surface area contributed by atoms with Crippen molar-refractivity contribution in [2.45, 2.75) is 38.2 Å². The van der Waals surface area contributed by atoms with Gasteiger partial charge in [-0.05, 0) is 36.8 Å². The van der Waals surface area contributed by atoms with E-state index in [0.29, 0.717) is 12.8 Å². The van der Waals surface area contributed by atoms with Crippen LogP contribution in [0.25, 0.3) is 0 Å². The van der Waals surface area contributed by atoms with Gasteiger partial charge >= 0.3 is 0 Å². The van der Waals surface area contributed by atoms with Crippen molar-refractivity contribution in [3.05, 3.63) is 71.8 Å². The van der Waals surface area contributed by atoms with E-state index in [1.54, 1.807) is 0 Å². The Balaban J connectivity index is 1.85. The van der Waals surface area contributed by atoms with Crippen LogP contribution in [-0.4, -0.2) is 17.0 Å². The Morgan fingerprint density at radius 2 is 1.59 bits per heavy atom. The third-order valence-electron chi connectivity index (χ3n) is 4.86. The van der Waals surface area contributed by atoms with E-state index in [1.807, 2.05) is 60.7 Å². The van der Waals surface area contributed by atoms with E-state index in [9.17, 15) is 9.90 Å². The zero-order valence-electron chi connectivity index (χ0n) is 12.7. The Hall–Kier alpha value is -1.93. The van der Waals surface area contributed by atoms with Gasteiger partial charge in [-0.2, -0.15) is 0 Å². The molecule has 1 aliphatic rings. The van der Waals surface area contributed by atoms with E-state index >= 15 is 0 Å². The van der Waals surface area contributed by atoms with E-state index in [2.05, 4.69) is 0 Å². The molecule has 114 valence electrons. The highest BCUT2D eigenvalue weighted by atomic mass is 16.3. The molecule has 2 heteroatoms. The van der Waals surface area contributed by atoms with Crippen molar-refractivity contribution >= 4 is 5.78 Å². The fourth-order valence-electron chi connectivity index (χ4n) is 3.60. The monoisotopic (exact) mass is 294 g/mol. The number of benzene rings is 2. The van der Waals surface area contributed by atoms with Crippen LogP contribution in [0.4, 0.5) is 0 Å². The lowest BCUT2D eigenvalue weighted by Crippen LogP contribution is -2.41. The van der Waals surface area contributed by atoms with Crippen LogP contribution < -0.4 is 0 Å². The average Bonchev–Trinajstić information content (AvgIpc) is 2.91. The summed E-state index contributed by atoms with van der Waals surface area (Å²) in [6.07, 6.45) is 2.96. The normalized spacial score (nSPS) is 24.3. The lowest BCUT2D eigenvalue weighted by Gasteiger charge is -2.31. The molecule has 1 fully saturated rings. The van der Waals surface area contributed by atoms with Crippen molar-refractivity contribution in [2.75, 3.05) is 0 Å². The maximum Gasteiger partial charge on any atom is 0.146 e. The van der Waals surface area contributed by atoms with Crippen molar-refractivity contribution in [1.29, 1.82) is 0 Å². The molecule has 2 atom stereocenters. The smallest absolute Gasteiger partial charge is 0.146 e. The molecule has 0 radical (unpaired) electrons. The maximum atomic E-state index is 13.0. The van der Waals surface area contributed by atoms with Gasteiger partial charge in [0.05, 0.1) is 11.5 Å². The minimum Gasteiger partial charge on any atom is -0.392 e. The van der Waals surface area contributed by atoms with Crippen LogP contribution >= 0.6 is 0 Å². The first kappa shape index (κ1) is 15.0. The van der Waals surface area contributed by atoms with Gasteiger partial charge in [-0.25, -0.2) is 0 Å². The minimum absolute atomic E-state index is 0.174. The Labute approximate surface area is 131 Å². The van der Waals surface area contributed by atoms with Crippen LogP contribution in [0.2, 0.25) is 0 Å². The second-order valence-electron chi connectivity index (χ2n) is 6.31. The summed E-state index contributed by atoms with van der Waals surface area (Å²) in [5, 5.41) is 10.5. The lowest BCUT2D eigenvalue weighted by molar-refractivity contribution is -0.133. The van der Waals surface area contributed by atoms with Crippen molar-refractivity contribution < 1.29 is 9.90 Å². The van der Waals surface area contributed by atoms with E-state index in [0.717, 1.165) is 30.4 Å². The van der Waals surface area contributed by atoms with Gasteiger partial charge in [-0.15, -0.1) is 0 Å². The van der Waals surface area contributed by atoms with Gasteiger partial charge in [-0.1, -0.05) is 60.7 Å². The molecule has 1 N–H and O–H groups in total. The molecule has 0 aliphatic heterocycles. The molecule has 0 amide bonds. The van der Waals surface area contributed by atoms with E-state index in [4.69, 9.17) is 0 Å². The molecule has 1 saturated carbocycles. The fourth-order valence-corrected chi connectivity index (χ4v) is 3.60. The lowest BCUT2D eigenvalue weighted by atomic mass is 9.73. The second kappa shape index (κ2) is 6.45. The summed E-state index contributed by atoms with van der Waals surface area (Å²) in [4.78, 5) is 13.0. The van der Waals surface area contributed by atoms with Crippen LogP contribution in [0.1, 0.15) is 30.4 Å². The van der Waals surface area contributed by atoms with E-state index < -0.39 is 11.5 Å². The fraction of sp³-hybridized carbons (Fsp3) is 0.350. The third-order valence-corrected chi connectivity index (χ3v) is 4.86. The number of ketones is 1. The number of aliphatic hydroxyl groups is 1. The Bertz CT molecular complexity index is 621. The average molecular weight is 294 g/mol. The first-order valence-corrected chi connectivity index (χ1v) is 8.00. The van der Waals surface area contributed by atoms with Gasteiger partial charge in [0, 0.05) is 6.42 Å². The number of aliphatic hydroxyl groups excluding tert-OH is 1. The first-order valence-electron chi connectivity index (χ1n) is 8.00. The van der Waals surface area contributed by atoms with Crippen molar-refractivity contribution in [1.82, 2.24) is 0 Å². The predicted octanol–water partition coefficient (Wildman–Crippen LogP) is 3.57. The molecule has 0 bridgehead atoms. The highest BCUT2D eigenvalue weighted by molar-refractivity contribution is 5.88. The molecular weight excluding hydrogens is 272 g/mol. The quantitative estimate of drug-likeness (QED) is 0.915. The number of hydrogen-bond donors (Lipinski definition) is 1. The van der Waals surface area contributed by atoms with Gasteiger partial charge < -0.3 is 5.11 Å². The van der Waals surface area contributed by atoms with Crippen LogP contribution in [-0.2, 0) is 17.6 Å². The summed E-state index contributed by atoms with van der Waals surface area (Å²) in [6, 6.07) is 19.9. The summed E-state index contributed by atoms with van der Waals surface area (Å²) in [5.41, 5.74) is 1.54. The molecule has 0 saturated heterocycles. The Kier molecular flexibility index (Phi) is 4.39. The standard InChI is InChI=1S/C20H22O2/c21-18-12-7-13-20(18,15-17-10-5-2-6-11-17)19(22)14-16-8-3-1-4-9-16/h1-6,8-11,18,21H,7,12-15H2/t18-,20-/m0/s1. The van der Waals surface area contributed by atoms with Gasteiger partial charge in [0.2, 0.25) is 0 Å². The van der Waals surface area contributed by atoms with Gasteiger partial charge in [0.25, 0.3) is 0 Å². The third kappa shape index (κ3) is 2.97. The molecule has 22 heavy (non-hydrogen) atoms. The van der Waals surface area contributed by atoms with Gasteiger partial charge in [0.1, 0.15) is 5.78 Å². The Morgan fingerprint density at radius 3 is 2.14 bits per heavy atom. The van der Waals surface area contributed by atoms with Crippen LogP contribution in [0.3, 0.4) is 0 Å². The van der Waals surface area contributed by atoms with Crippen molar-refractivity contribution in [3.63, 3.8) is 0 Å². The molecule has 0 aromatic heterocycles. The first-order chi connectivity index (χ1) is 10.7. The maximum absolute atomic E-state index is 13.0. The van der Waals surface area contributed by atoms with Crippen LogP contribution in [0.15, 0.2) is 60.7 Å². The van der Waals surface area contributed by atoms with E-state index in [-0.39, 0.29) is 5.78 Å². The molecule has 2 aromatic rings. The van der Waals surface area contributed by atoms with Crippen LogP contribution in [0, 0.1) is 5.41 Å². The summed E-state index contributed by atoms with van der Waals surface area (Å²) in [5.74, 6) is 0.174. The number of carbonyl (C=O) groups is 1. The summed E-state index contributed by atoms with van der Waals surface area (Å²) >= 11 is 0. The predicted molar refractivity (Wildman–Crippen MR) is 87.6 cm³/mol. The molecular formula is C20H22O2. The summed E-state index contributed by atoms with van der Waals surface area (Å²) in [6.45, 7) is 0. The molecule has 0 unspecified atom stereocenters. The van der Waals surface area contributed by atoms with Gasteiger partial charge in [-0.3, -0.25) is 4.79 Å². The van der Waals surface area contributed by atoms with E-state index in [1.165, 1.54) is 0 Å². The molecule has 0 spiro atoms. The molecule has 0 heterocycles. The largest absolute Gasteiger partial charge is 0.392 e. The molecule has 2 nitrogen and oxygen atoms in total. The summed E-state index contributed by atoms with van der Waals surface area (Å²) in [7, 11) is 0. The Morgan fingerprint density at radius 1 is 1.00 bits per heavy atom. The SMILES string of the molecule is O=C(Cc1ccccc1)[C@]1(Cc2ccccc2)CCC[C@@H]1O. The second-order valence-corrected chi connectivity index (χ2v) is 6.31. The zero-order chi connectivity index (χ0) is 15.4. The number of hydrogen-bond acceptors (Lipinski definition) is 2. The van der Waals surface area contributed by atoms with Crippen molar-refractivity contribution in [2.24, 2.45) is 5.41 Å². The number of carbonyl (C=O) groups excluding carboxylic acids is 1. The number of rotatable bonds is 5. The molecule has 3 rings (SSSR count). The zero-order valence-corrected chi connectivity index (χ0v) is 12.7.